The number of allylic oxidation sites excluding steroid dienone is 1. The Morgan fingerprint density at radius 2 is 1.97 bits per heavy atom. The normalized spacial score (nSPS) is 58.4. The molecule has 172 valence electrons. The van der Waals surface area contributed by atoms with Gasteiger partial charge in [-0.3, -0.25) is 0 Å². The fraction of sp³-hybridized carbons (Fsp3) is 0.852. The first-order valence-electron chi connectivity index (χ1n) is 12.7. The average Bonchev–Trinajstić information content (AvgIpc) is 3.15. The van der Waals surface area contributed by atoms with E-state index in [4.69, 9.17) is 9.47 Å². The molecule has 6 rings (SSSR count). The first-order valence-corrected chi connectivity index (χ1v) is 12.7. The zero-order valence-electron chi connectivity index (χ0n) is 19.5. The first-order chi connectivity index (χ1) is 14.7. The van der Waals surface area contributed by atoms with E-state index >= 15 is 0 Å². The average molecular weight is 429 g/mol. The molecule has 31 heavy (non-hydrogen) atoms. The van der Waals surface area contributed by atoms with Crippen LogP contribution in [0.3, 0.4) is 0 Å². The number of aliphatic hydroxyl groups is 2. The van der Waals surface area contributed by atoms with Crippen molar-refractivity contribution in [2.45, 2.75) is 96.2 Å². The summed E-state index contributed by atoms with van der Waals surface area (Å²) in [5.41, 5.74) is 2.73. The molecule has 4 heteroatoms. The predicted molar refractivity (Wildman–Crippen MR) is 119 cm³/mol. The minimum absolute atomic E-state index is 0.0428. The lowest BCUT2D eigenvalue weighted by Gasteiger charge is -2.60. The van der Waals surface area contributed by atoms with Crippen LogP contribution in [-0.2, 0) is 9.47 Å². The van der Waals surface area contributed by atoms with Crippen molar-refractivity contribution < 1.29 is 19.7 Å². The largest absolute Gasteiger partial charge is 0.393 e. The SMILES string of the molecule is C=C1CC[C@@]2(OC1)O[C@H]1C[C@@H]3[C@@H]4CC=C5C[C@@H](O)CC[C@]5(C)[C@H]4[C@H](O)C[C@]3(C)[C@H]1[C@@H]2C. The van der Waals surface area contributed by atoms with Crippen molar-refractivity contribution in [3.8, 4) is 0 Å². The molecule has 0 radical (unpaired) electrons. The van der Waals surface area contributed by atoms with Gasteiger partial charge in [-0.15, -0.1) is 0 Å². The molecule has 0 aromatic rings. The van der Waals surface area contributed by atoms with Crippen LogP contribution in [0.4, 0.5) is 0 Å². The smallest absolute Gasteiger partial charge is 0.172 e. The Labute approximate surface area is 187 Å². The van der Waals surface area contributed by atoms with Gasteiger partial charge in [-0.25, -0.2) is 0 Å². The van der Waals surface area contributed by atoms with Gasteiger partial charge in [0.25, 0.3) is 0 Å². The van der Waals surface area contributed by atoms with E-state index in [0.717, 1.165) is 51.4 Å². The Kier molecular flexibility index (Phi) is 4.50. The van der Waals surface area contributed by atoms with Crippen LogP contribution in [0, 0.1) is 40.4 Å². The molecule has 0 unspecified atom stereocenters. The minimum atomic E-state index is -0.447. The third kappa shape index (κ3) is 2.68. The summed E-state index contributed by atoms with van der Waals surface area (Å²) in [4.78, 5) is 0. The van der Waals surface area contributed by atoms with Crippen molar-refractivity contribution >= 4 is 0 Å². The highest BCUT2D eigenvalue weighted by atomic mass is 16.7. The first kappa shape index (κ1) is 20.9. The van der Waals surface area contributed by atoms with E-state index in [-0.39, 0.29) is 29.1 Å². The Morgan fingerprint density at radius 3 is 2.71 bits per heavy atom. The highest BCUT2D eigenvalue weighted by molar-refractivity contribution is 5.27. The van der Waals surface area contributed by atoms with E-state index in [0.29, 0.717) is 36.2 Å². The standard InChI is InChI=1S/C27H40O4/c1-15-7-10-27(30-14-15)16(2)23-22(31-27)12-20-19-6-5-17-11-18(28)8-9-25(17,3)24(19)21(29)13-26(20,23)4/h5,16,18-24,28-29H,1,6-14H2,2-4H3/t16-,18-,19-,20+,21+,22-,23-,24+,25-,26-,27+/m0/s1. The van der Waals surface area contributed by atoms with Crippen LogP contribution in [0.25, 0.3) is 0 Å². The lowest BCUT2D eigenvalue weighted by molar-refractivity contribution is -0.256. The molecule has 0 amide bonds. The summed E-state index contributed by atoms with van der Waals surface area (Å²) in [7, 11) is 0. The summed E-state index contributed by atoms with van der Waals surface area (Å²) >= 11 is 0. The molecule has 2 aliphatic heterocycles. The van der Waals surface area contributed by atoms with Gasteiger partial charge in [0, 0.05) is 12.3 Å². The number of hydrogen-bond acceptors (Lipinski definition) is 4. The summed E-state index contributed by atoms with van der Waals surface area (Å²) in [6, 6.07) is 0. The summed E-state index contributed by atoms with van der Waals surface area (Å²) in [5.74, 6) is 1.77. The second-order valence-corrected chi connectivity index (χ2v) is 12.4. The molecule has 1 spiro atoms. The number of fused-ring (bicyclic) bond motifs is 7. The molecule has 5 fully saturated rings. The fourth-order valence-corrected chi connectivity index (χ4v) is 9.63. The zero-order chi connectivity index (χ0) is 21.8. The number of aliphatic hydroxyl groups excluding tert-OH is 2. The molecule has 6 aliphatic rings. The monoisotopic (exact) mass is 428 g/mol. The van der Waals surface area contributed by atoms with Gasteiger partial charge < -0.3 is 19.7 Å². The van der Waals surface area contributed by atoms with Crippen molar-refractivity contribution in [1.82, 2.24) is 0 Å². The van der Waals surface area contributed by atoms with E-state index in [2.05, 4.69) is 33.4 Å². The van der Waals surface area contributed by atoms with Gasteiger partial charge in [0.1, 0.15) is 0 Å². The molecule has 2 heterocycles. The van der Waals surface area contributed by atoms with E-state index in [1.165, 1.54) is 11.1 Å². The van der Waals surface area contributed by atoms with Gasteiger partial charge in [0.05, 0.1) is 24.9 Å². The van der Waals surface area contributed by atoms with Crippen LogP contribution in [0.1, 0.15) is 72.1 Å². The molecular formula is C27H40O4. The maximum absolute atomic E-state index is 11.7. The van der Waals surface area contributed by atoms with Gasteiger partial charge in [0.2, 0.25) is 0 Å². The Hall–Kier alpha value is -0.680. The third-order valence-corrected chi connectivity index (χ3v) is 11.0. The van der Waals surface area contributed by atoms with Crippen LogP contribution in [0.15, 0.2) is 23.8 Å². The highest BCUT2D eigenvalue weighted by Gasteiger charge is 2.70. The van der Waals surface area contributed by atoms with E-state index in [1.54, 1.807) is 0 Å². The van der Waals surface area contributed by atoms with Gasteiger partial charge in [0.15, 0.2) is 5.79 Å². The van der Waals surface area contributed by atoms with Crippen LogP contribution in [0.2, 0.25) is 0 Å². The molecule has 0 aromatic carbocycles. The second-order valence-electron chi connectivity index (χ2n) is 12.4. The van der Waals surface area contributed by atoms with Crippen molar-refractivity contribution in [3.63, 3.8) is 0 Å². The van der Waals surface area contributed by atoms with E-state index < -0.39 is 5.79 Å². The molecule has 4 aliphatic carbocycles. The predicted octanol–water partition coefficient (Wildman–Crippen LogP) is 4.60. The quantitative estimate of drug-likeness (QED) is 0.554. The molecule has 4 nitrogen and oxygen atoms in total. The lowest BCUT2D eigenvalue weighted by Crippen LogP contribution is -2.57. The lowest BCUT2D eigenvalue weighted by atomic mass is 9.46. The number of hydrogen-bond donors (Lipinski definition) is 2. The topological polar surface area (TPSA) is 58.9 Å². The maximum Gasteiger partial charge on any atom is 0.172 e. The van der Waals surface area contributed by atoms with Gasteiger partial charge >= 0.3 is 0 Å². The molecule has 2 N–H and O–H groups in total. The van der Waals surface area contributed by atoms with Crippen molar-refractivity contribution in [1.29, 1.82) is 0 Å². The van der Waals surface area contributed by atoms with Crippen LogP contribution in [-0.4, -0.2) is 40.9 Å². The van der Waals surface area contributed by atoms with Crippen LogP contribution >= 0.6 is 0 Å². The maximum atomic E-state index is 11.7. The van der Waals surface area contributed by atoms with Crippen molar-refractivity contribution in [2.24, 2.45) is 40.4 Å². The summed E-state index contributed by atoms with van der Waals surface area (Å²) in [6.45, 7) is 11.9. The minimum Gasteiger partial charge on any atom is -0.393 e. The van der Waals surface area contributed by atoms with Gasteiger partial charge in [-0.05, 0) is 79.4 Å². The Morgan fingerprint density at radius 1 is 1.16 bits per heavy atom. The molecular weight excluding hydrogens is 388 g/mol. The van der Waals surface area contributed by atoms with Crippen molar-refractivity contribution in [2.75, 3.05) is 6.61 Å². The Balaban J connectivity index is 1.32. The molecule has 11 atom stereocenters. The van der Waals surface area contributed by atoms with Gasteiger partial charge in [-0.2, -0.15) is 0 Å². The molecule has 0 aromatic heterocycles. The second kappa shape index (κ2) is 6.68. The van der Waals surface area contributed by atoms with Crippen LogP contribution in [0.5, 0.6) is 0 Å². The van der Waals surface area contributed by atoms with Gasteiger partial charge in [-0.1, -0.05) is 44.6 Å². The van der Waals surface area contributed by atoms with Crippen molar-refractivity contribution in [3.05, 3.63) is 23.8 Å². The number of rotatable bonds is 0. The van der Waals surface area contributed by atoms with E-state index in [9.17, 15) is 10.2 Å². The Bertz CT molecular complexity index is 808. The molecule has 2 saturated heterocycles. The summed E-state index contributed by atoms with van der Waals surface area (Å²) in [6.07, 6.45) is 9.82. The highest BCUT2D eigenvalue weighted by Crippen LogP contribution is 2.70. The summed E-state index contributed by atoms with van der Waals surface area (Å²) in [5, 5.41) is 21.9. The van der Waals surface area contributed by atoms with E-state index in [1.807, 2.05) is 0 Å². The fourth-order valence-electron chi connectivity index (χ4n) is 9.63. The third-order valence-electron chi connectivity index (χ3n) is 11.0. The molecule has 3 saturated carbocycles. The zero-order valence-corrected chi connectivity index (χ0v) is 19.5. The number of ether oxygens (including phenoxy) is 2. The van der Waals surface area contributed by atoms with Crippen LogP contribution < -0.4 is 0 Å². The molecule has 0 bridgehead atoms. The summed E-state index contributed by atoms with van der Waals surface area (Å²) < 4.78 is 13.1.